The predicted molar refractivity (Wildman–Crippen MR) is 86.1 cm³/mol. The second-order valence-corrected chi connectivity index (χ2v) is 6.54. The number of hydrogen-bond donors (Lipinski definition) is 1. The van der Waals surface area contributed by atoms with E-state index in [1.54, 1.807) is 7.05 Å². The molecule has 0 saturated carbocycles. The zero-order valence-electron chi connectivity index (χ0n) is 14.2. The summed E-state index contributed by atoms with van der Waals surface area (Å²) in [6.45, 7) is 7.11. The molecule has 2 heterocycles. The van der Waals surface area contributed by atoms with Gasteiger partial charge in [0, 0.05) is 32.4 Å². The highest BCUT2D eigenvalue weighted by molar-refractivity contribution is 5.80. The van der Waals surface area contributed by atoms with E-state index in [9.17, 15) is 13.2 Å². The fourth-order valence-electron chi connectivity index (χ4n) is 2.58. The van der Waals surface area contributed by atoms with Gasteiger partial charge in [-0.1, -0.05) is 13.8 Å². The Hall–Kier alpha value is -1.99. The summed E-state index contributed by atoms with van der Waals surface area (Å²) in [5.41, 5.74) is -0.511. The van der Waals surface area contributed by atoms with Crippen LogP contribution in [0.3, 0.4) is 0 Å². The van der Waals surface area contributed by atoms with Gasteiger partial charge in [0.25, 0.3) is 0 Å². The molecule has 0 spiro atoms. The lowest BCUT2D eigenvalue weighted by molar-refractivity contribution is -0.137. The number of nitrogens with one attached hydrogen (secondary N) is 1. The average molecular weight is 344 g/mol. The van der Waals surface area contributed by atoms with Gasteiger partial charge in [0.05, 0.1) is 12.1 Å². The molecule has 1 fully saturated rings. The summed E-state index contributed by atoms with van der Waals surface area (Å²) in [7, 11) is 1.73. The zero-order valence-corrected chi connectivity index (χ0v) is 14.2. The molecule has 2 rings (SSSR count). The molecule has 0 aromatic carbocycles. The standard InChI is InChI=1S/C16H23F3N4O/c1-15(2)6-8-23(11-15)14(20-3)21-7-9-24-13-5-4-12(10-22-13)16(17,18)19/h4-5,10H,6-9,11H2,1-3H3,(H,20,21). The summed E-state index contributed by atoms with van der Waals surface area (Å²) in [4.78, 5) is 10.1. The molecule has 134 valence electrons. The Kier molecular flexibility index (Phi) is 5.56. The number of nitrogens with zero attached hydrogens (tertiary/aromatic N) is 3. The number of halogens is 3. The highest BCUT2D eigenvalue weighted by Gasteiger charge is 2.31. The van der Waals surface area contributed by atoms with Crippen molar-refractivity contribution in [3.05, 3.63) is 23.9 Å². The van der Waals surface area contributed by atoms with Gasteiger partial charge in [-0.2, -0.15) is 13.2 Å². The fourth-order valence-corrected chi connectivity index (χ4v) is 2.58. The van der Waals surface area contributed by atoms with Crippen molar-refractivity contribution in [3.63, 3.8) is 0 Å². The van der Waals surface area contributed by atoms with Crippen LogP contribution in [0.1, 0.15) is 25.8 Å². The van der Waals surface area contributed by atoms with Gasteiger partial charge in [0.2, 0.25) is 5.88 Å². The molecule has 0 bridgehead atoms. The van der Waals surface area contributed by atoms with Crippen LogP contribution in [0.2, 0.25) is 0 Å². The summed E-state index contributed by atoms with van der Waals surface area (Å²) in [5.74, 6) is 0.978. The Bertz CT molecular complexity index is 570. The molecule has 24 heavy (non-hydrogen) atoms. The summed E-state index contributed by atoms with van der Waals surface area (Å²) in [6.07, 6.45) is -2.50. The van der Waals surface area contributed by atoms with Crippen LogP contribution in [0, 0.1) is 5.41 Å². The number of alkyl halides is 3. The van der Waals surface area contributed by atoms with E-state index in [1.165, 1.54) is 6.07 Å². The number of aromatic nitrogens is 1. The molecule has 1 saturated heterocycles. The van der Waals surface area contributed by atoms with E-state index in [0.717, 1.165) is 37.7 Å². The molecule has 1 aliphatic heterocycles. The van der Waals surface area contributed by atoms with Crippen LogP contribution >= 0.6 is 0 Å². The number of pyridine rings is 1. The van der Waals surface area contributed by atoms with Crippen molar-refractivity contribution in [1.82, 2.24) is 15.2 Å². The van der Waals surface area contributed by atoms with Crippen LogP contribution in [-0.4, -0.2) is 49.1 Å². The van der Waals surface area contributed by atoms with E-state index >= 15 is 0 Å². The third-order valence-electron chi connectivity index (χ3n) is 3.89. The van der Waals surface area contributed by atoms with E-state index in [-0.39, 0.29) is 17.9 Å². The van der Waals surface area contributed by atoms with Gasteiger partial charge in [0.15, 0.2) is 5.96 Å². The number of rotatable bonds is 4. The Morgan fingerprint density at radius 3 is 2.67 bits per heavy atom. The maximum Gasteiger partial charge on any atom is 0.417 e. The zero-order chi connectivity index (χ0) is 17.8. The number of ether oxygens (including phenoxy) is 1. The quantitative estimate of drug-likeness (QED) is 0.518. The lowest BCUT2D eigenvalue weighted by Gasteiger charge is -2.23. The predicted octanol–water partition coefficient (Wildman–Crippen LogP) is 2.79. The largest absolute Gasteiger partial charge is 0.476 e. The Morgan fingerprint density at radius 1 is 1.42 bits per heavy atom. The highest BCUT2D eigenvalue weighted by atomic mass is 19.4. The first-order chi connectivity index (χ1) is 11.2. The summed E-state index contributed by atoms with van der Waals surface area (Å²) >= 11 is 0. The van der Waals surface area contributed by atoms with Crippen molar-refractivity contribution in [1.29, 1.82) is 0 Å². The summed E-state index contributed by atoms with van der Waals surface area (Å²) < 4.78 is 42.7. The van der Waals surface area contributed by atoms with Crippen LogP contribution in [0.4, 0.5) is 13.2 Å². The third kappa shape index (κ3) is 5.01. The topological polar surface area (TPSA) is 49.8 Å². The van der Waals surface area contributed by atoms with Crippen molar-refractivity contribution in [3.8, 4) is 5.88 Å². The average Bonchev–Trinajstić information content (AvgIpc) is 2.87. The lowest BCUT2D eigenvalue weighted by Crippen LogP contribution is -2.42. The van der Waals surface area contributed by atoms with Crippen LogP contribution in [-0.2, 0) is 6.18 Å². The summed E-state index contributed by atoms with van der Waals surface area (Å²) in [6, 6.07) is 2.18. The molecule has 8 heteroatoms. The van der Waals surface area contributed by atoms with Gasteiger partial charge in [-0.25, -0.2) is 4.98 Å². The second kappa shape index (κ2) is 7.27. The normalized spacial score (nSPS) is 17.9. The van der Waals surface area contributed by atoms with Gasteiger partial charge < -0.3 is 15.0 Å². The third-order valence-corrected chi connectivity index (χ3v) is 3.89. The maximum absolute atomic E-state index is 12.4. The molecule has 5 nitrogen and oxygen atoms in total. The Labute approximate surface area is 139 Å². The lowest BCUT2D eigenvalue weighted by atomic mass is 9.93. The molecule has 0 aliphatic carbocycles. The first-order valence-corrected chi connectivity index (χ1v) is 7.83. The second-order valence-electron chi connectivity index (χ2n) is 6.54. The van der Waals surface area contributed by atoms with Gasteiger partial charge >= 0.3 is 6.18 Å². The minimum atomic E-state index is -4.39. The molecule has 1 aliphatic rings. The molecule has 0 radical (unpaired) electrons. The molecule has 1 aromatic rings. The van der Waals surface area contributed by atoms with E-state index in [4.69, 9.17) is 4.74 Å². The van der Waals surface area contributed by atoms with Crippen molar-refractivity contribution in [2.45, 2.75) is 26.4 Å². The van der Waals surface area contributed by atoms with E-state index in [0.29, 0.717) is 6.54 Å². The highest BCUT2D eigenvalue weighted by Crippen LogP contribution is 2.29. The van der Waals surface area contributed by atoms with E-state index < -0.39 is 11.7 Å². The minimum absolute atomic E-state index is 0.169. The Balaban J connectivity index is 1.76. The van der Waals surface area contributed by atoms with Gasteiger partial charge in [-0.05, 0) is 17.9 Å². The number of guanidine groups is 1. The Morgan fingerprint density at radius 2 is 2.17 bits per heavy atom. The van der Waals surface area contributed by atoms with Gasteiger partial charge in [0.1, 0.15) is 6.61 Å². The fraction of sp³-hybridized carbons (Fsp3) is 0.625. The molecule has 0 amide bonds. The van der Waals surface area contributed by atoms with Crippen LogP contribution in [0.15, 0.2) is 23.3 Å². The van der Waals surface area contributed by atoms with Crippen molar-refractivity contribution in [2.75, 3.05) is 33.3 Å². The van der Waals surface area contributed by atoms with Crippen molar-refractivity contribution >= 4 is 5.96 Å². The molecule has 1 aromatic heterocycles. The first kappa shape index (κ1) is 18.4. The van der Waals surface area contributed by atoms with Crippen LogP contribution in [0.5, 0.6) is 5.88 Å². The van der Waals surface area contributed by atoms with Crippen molar-refractivity contribution < 1.29 is 17.9 Å². The summed E-state index contributed by atoms with van der Waals surface area (Å²) in [5, 5.41) is 3.20. The van der Waals surface area contributed by atoms with E-state index in [1.807, 2.05) is 0 Å². The maximum atomic E-state index is 12.4. The minimum Gasteiger partial charge on any atom is -0.476 e. The van der Waals surface area contributed by atoms with Crippen LogP contribution in [0.25, 0.3) is 0 Å². The molecule has 0 unspecified atom stereocenters. The monoisotopic (exact) mass is 344 g/mol. The number of aliphatic imine (C=N–C) groups is 1. The van der Waals surface area contributed by atoms with E-state index in [2.05, 4.69) is 34.0 Å². The molecular formula is C16H23F3N4O. The molecule has 1 N–H and O–H groups in total. The van der Waals surface area contributed by atoms with Crippen LogP contribution < -0.4 is 10.1 Å². The van der Waals surface area contributed by atoms with Crippen molar-refractivity contribution in [2.24, 2.45) is 10.4 Å². The smallest absolute Gasteiger partial charge is 0.417 e. The molecule has 0 atom stereocenters. The first-order valence-electron chi connectivity index (χ1n) is 7.83. The molecular weight excluding hydrogens is 321 g/mol. The number of hydrogen-bond acceptors (Lipinski definition) is 3. The SMILES string of the molecule is CN=C(NCCOc1ccc(C(F)(F)F)cn1)N1CCC(C)(C)C1. The van der Waals surface area contributed by atoms with Gasteiger partial charge in [-0.15, -0.1) is 0 Å². The van der Waals surface area contributed by atoms with Gasteiger partial charge in [-0.3, -0.25) is 4.99 Å². The number of likely N-dealkylation sites (tertiary alicyclic amines) is 1.